The lowest BCUT2D eigenvalue weighted by atomic mass is 9.77. The zero-order valence-electron chi connectivity index (χ0n) is 17.5. The van der Waals surface area contributed by atoms with Gasteiger partial charge in [0, 0.05) is 43.0 Å². The van der Waals surface area contributed by atoms with Crippen LogP contribution < -0.4 is 0 Å². The van der Waals surface area contributed by atoms with Gasteiger partial charge >= 0.3 is 0 Å². The van der Waals surface area contributed by atoms with Gasteiger partial charge in [0.15, 0.2) is 0 Å². The van der Waals surface area contributed by atoms with Crippen LogP contribution in [0.15, 0.2) is 41.3 Å². The second-order valence-corrected chi connectivity index (χ2v) is 8.60. The highest BCUT2D eigenvalue weighted by molar-refractivity contribution is 5.94. The van der Waals surface area contributed by atoms with E-state index in [2.05, 4.69) is 32.1 Å². The van der Waals surface area contributed by atoms with E-state index >= 15 is 0 Å². The summed E-state index contributed by atoms with van der Waals surface area (Å²) in [6.45, 7) is 4.46. The quantitative estimate of drug-likeness (QED) is 0.641. The molecule has 8 nitrogen and oxygen atoms in total. The Bertz CT molecular complexity index is 1120. The lowest BCUT2D eigenvalue weighted by molar-refractivity contribution is 0.0773. The van der Waals surface area contributed by atoms with Crippen LogP contribution >= 0.6 is 0 Å². The normalized spacial score (nSPS) is 23.7. The molecule has 0 unspecified atom stereocenters. The van der Waals surface area contributed by atoms with Crippen molar-refractivity contribution in [2.24, 2.45) is 5.41 Å². The highest BCUT2D eigenvalue weighted by Crippen LogP contribution is 2.48. The Kier molecular flexibility index (Phi) is 4.77. The van der Waals surface area contributed by atoms with Crippen molar-refractivity contribution in [3.63, 3.8) is 0 Å². The summed E-state index contributed by atoms with van der Waals surface area (Å²) in [4.78, 5) is 30.1. The SMILES string of the molecule is Cc1ccc(C(=O)N2C[C@@H](c3nc(-c4cnccn4)no3)[C@]3(CCN(C)C3)C2)cc1F. The molecule has 3 aromatic rings. The molecular formula is C22H23FN6O2. The molecule has 5 rings (SSSR count). The molecule has 0 radical (unpaired) electrons. The first-order chi connectivity index (χ1) is 14.9. The lowest BCUT2D eigenvalue weighted by Gasteiger charge is -2.27. The minimum absolute atomic E-state index is 0.102. The number of benzene rings is 1. The van der Waals surface area contributed by atoms with Crippen LogP contribution in [-0.4, -0.2) is 69.0 Å². The van der Waals surface area contributed by atoms with Crippen molar-refractivity contribution in [2.45, 2.75) is 19.3 Å². The highest BCUT2D eigenvalue weighted by Gasteiger charge is 2.53. The summed E-state index contributed by atoms with van der Waals surface area (Å²) in [5.41, 5.74) is 1.24. The molecule has 2 aliphatic heterocycles. The van der Waals surface area contributed by atoms with E-state index in [1.165, 1.54) is 6.07 Å². The number of carbonyl (C=O) groups is 1. The van der Waals surface area contributed by atoms with Crippen LogP contribution in [0, 0.1) is 18.2 Å². The van der Waals surface area contributed by atoms with Crippen molar-refractivity contribution in [2.75, 3.05) is 33.2 Å². The number of likely N-dealkylation sites (tertiary alicyclic amines) is 2. The molecule has 2 fully saturated rings. The van der Waals surface area contributed by atoms with Gasteiger partial charge in [0.05, 0.1) is 12.1 Å². The number of aromatic nitrogens is 4. The van der Waals surface area contributed by atoms with Gasteiger partial charge in [0.1, 0.15) is 11.5 Å². The highest BCUT2D eigenvalue weighted by atomic mass is 19.1. The molecule has 1 spiro atoms. The van der Waals surface area contributed by atoms with Gasteiger partial charge in [-0.3, -0.25) is 9.78 Å². The average molecular weight is 422 g/mol. The molecule has 0 bridgehead atoms. The molecule has 31 heavy (non-hydrogen) atoms. The number of nitrogens with zero attached hydrogens (tertiary/aromatic N) is 6. The molecule has 1 aromatic carbocycles. The number of amides is 1. The third kappa shape index (κ3) is 3.48. The van der Waals surface area contributed by atoms with Crippen molar-refractivity contribution in [3.8, 4) is 11.5 Å². The minimum atomic E-state index is -0.373. The number of hydrogen-bond acceptors (Lipinski definition) is 7. The van der Waals surface area contributed by atoms with E-state index in [-0.39, 0.29) is 23.1 Å². The Labute approximate surface area is 179 Å². The summed E-state index contributed by atoms with van der Waals surface area (Å²) in [5, 5.41) is 4.10. The van der Waals surface area contributed by atoms with Gasteiger partial charge < -0.3 is 14.3 Å². The first-order valence-corrected chi connectivity index (χ1v) is 10.3. The van der Waals surface area contributed by atoms with E-state index in [0.717, 1.165) is 19.5 Å². The van der Waals surface area contributed by atoms with Crippen LogP contribution in [0.1, 0.15) is 34.2 Å². The third-order valence-corrected chi connectivity index (χ3v) is 6.46. The number of halogens is 1. The first kappa shape index (κ1) is 19.7. The predicted octanol–water partition coefficient (Wildman–Crippen LogP) is 2.54. The molecule has 9 heteroatoms. The molecule has 0 aliphatic carbocycles. The van der Waals surface area contributed by atoms with Crippen LogP contribution in [0.25, 0.3) is 11.5 Å². The molecule has 2 aromatic heterocycles. The number of hydrogen-bond donors (Lipinski definition) is 0. The Morgan fingerprint density at radius 2 is 2.16 bits per heavy atom. The number of rotatable bonds is 3. The molecule has 0 saturated carbocycles. The molecule has 2 atom stereocenters. The topological polar surface area (TPSA) is 88.2 Å². The van der Waals surface area contributed by atoms with E-state index in [1.807, 2.05) is 0 Å². The Hall–Kier alpha value is -3.20. The Morgan fingerprint density at radius 3 is 2.87 bits per heavy atom. The average Bonchev–Trinajstić information content (AvgIpc) is 3.49. The van der Waals surface area contributed by atoms with Crippen LogP contribution in [0.3, 0.4) is 0 Å². The summed E-state index contributed by atoms with van der Waals surface area (Å²) >= 11 is 0. The monoisotopic (exact) mass is 422 g/mol. The molecule has 4 heterocycles. The standard InChI is InChI=1S/C22H23FN6O2/c1-14-3-4-15(9-17(14)23)21(30)29-11-16(22(13-29)5-8-28(2)12-22)20-26-19(27-31-20)18-10-24-6-7-25-18/h3-4,6-7,9-10,16H,5,8,11-13H2,1-2H3/t16-,22-/m0/s1. The zero-order chi connectivity index (χ0) is 21.6. The van der Waals surface area contributed by atoms with Gasteiger partial charge in [0.25, 0.3) is 5.91 Å². The summed E-state index contributed by atoms with van der Waals surface area (Å²) in [7, 11) is 2.07. The van der Waals surface area contributed by atoms with Crippen LogP contribution in [-0.2, 0) is 0 Å². The maximum Gasteiger partial charge on any atom is 0.253 e. The van der Waals surface area contributed by atoms with Gasteiger partial charge in [-0.2, -0.15) is 4.98 Å². The van der Waals surface area contributed by atoms with Gasteiger partial charge in [-0.25, -0.2) is 9.37 Å². The fourth-order valence-electron chi connectivity index (χ4n) is 4.79. The maximum absolute atomic E-state index is 14.1. The summed E-state index contributed by atoms with van der Waals surface area (Å²) in [6, 6.07) is 4.64. The summed E-state index contributed by atoms with van der Waals surface area (Å²) in [6.07, 6.45) is 5.67. The van der Waals surface area contributed by atoms with Crippen molar-refractivity contribution >= 4 is 5.91 Å². The van der Waals surface area contributed by atoms with E-state index < -0.39 is 0 Å². The van der Waals surface area contributed by atoms with Gasteiger partial charge in [0.2, 0.25) is 11.7 Å². The fourth-order valence-corrected chi connectivity index (χ4v) is 4.79. The van der Waals surface area contributed by atoms with E-state index in [1.54, 1.807) is 42.5 Å². The summed E-state index contributed by atoms with van der Waals surface area (Å²) in [5.74, 6) is 0.234. The van der Waals surface area contributed by atoms with Crippen molar-refractivity contribution in [1.29, 1.82) is 0 Å². The van der Waals surface area contributed by atoms with Crippen LogP contribution in [0.5, 0.6) is 0 Å². The number of aryl methyl sites for hydroxylation is 1. The van der Waals surface area contributed by atoms with E-state index in [4.69, 9.17) is 4.52 Å². The third-order valence-electron chi connectivity index (χ3n) is 6.46. The van der Waals surface area contributed by atoms with Crippen molar-refractivity contribution in [3.05, 3.63) is 59.6 Å². The first-order valence-electron chi connectivity index (χ1n) is 10.3. The van der Waals surface area contributed by atoms with Gasteiger partial charge in [-0.1, -0.05) is 11.2 Å². The minimum Gasteiger partial charge on any atom is -0.339 e. The van der Waals surface area contributed by atoms with Gasteiger partial charge in [-0.15, -0.1) is 0 Å². The second-order valence-electron chi connectivity index (χ2n) is 8.60. The van der Waals surface area contributed by atoms with E-state index in [9.17, 15) is 9.18 Å². The molecule has 2 aliphatic rings. The van der Waals surface area contributed by atoms with Crippen molar-refractivity contribution < 1.29 is 13.7 Å². The molecule has 1 amide bonds. The van der Waals surface area contributed by atoms with Crippen LogP contribution in [0.2, 0.25) is 0 Å². The summed E-state index contributed by atoms with van der Waals surface area (Å²) < 4.78 is 19.7. The predicted molar refractivity (Wildman–Crippen MR) is 110 cm³/mol. The molecule has 0 N–H and O–H groups in total. The Balaban J connectivity index is 1.46. The molecule has 160 valence electrons. The smallest absolute Gasteiger partial charge is 0.253 e. The Morgan fingerprint density at radius 1 is 1.29 bits per heavy atom. The van der Waals surface area contributed by atoms with Crippen molar-refractivity contribution in [1.82, 2.24) is 29.9 Å². The second kappa shape index (κ2) is 7.49. The molecule has 2 saturated heterocycles. The number of carbonyl (C=O) groups excluding carboxylic acids is 1. The largest absolute Gasteiger partial charge is 0.339 e. The maximum atomic E-state index is 14.1. The lowest BCUT2D eigenvalue weighted by Crippen LogP contribution is -2.34. The fraction of sp³-hybridized carbons (Fsp3) is 0.409. The van der Waals surface area contributed by atoms with Crippen LogP contribution in [0.4, 0.5) is 4.39 Å². The molecular weight excluding hydrogens is 399 g/mol. The van der Waals surface area contributed by atoms with E-state index in [0.29, 0.717) is 41.6 Å². The zero-order valence-corrected chi connectivity index (χ0v) is 17.5. The van der Waals surface area contributed by atoms with Gasteiger partial charge in [-0.05, 0) is 44.6 Å².